The van der Waals surface area contributed by atoms with Gasteiger partial charge >= 0.3 is 0 Å². The smallest absolute Gasteiger partial charge is 0.253 e. The van der Waals surface area contributed by atoms with Gasteiger partial charge in [0.2, 0.25) is 5.91 Å². The maximum absolute atomic E-state index is 12.4. The Morgan fingerprint density at radius 1 is 1.04 bits per heavy atom. The van der Waals surface area contributed by atoms with Crippen LogP contribution in [0.15, 0.2) is 28.7 Å². The van der Waals surface area contributed by atoms with Gasteiger partial charge in [0, 0.05) is 36.2 Å². The quantitative estimate of drug-likeness (QED) is 0.847. The molecule has 23 heavy (non-hydrogen) atoms. The summed E-state index contributed by atoms with van der Waals surface area (Å²) in [7, 11) is 0. The number of nitrogens with zero attached hydrogens (tertiary/aromatic N) is 2. The van der Waals surface area contributed by atoms with E-state index >= 15 is 0 Å². The Labute approximate surface area is 145 Å². The van der Waals surface area contributed by atoms with Crippen molar-refractivity contribution in [3.8, 4) is 0 Å². The fraction of sp³-hybridized carbons (Fsp3) is 0.529. The number of piperazine rings is 1. The first-order chi connectivity index (χ1) is 11.1. The van der Waals surface area contributed by atoms with Crippen LogP contribution in [0, 0.1) is 5.92 Å². The van der Waals surface area contributed by atoms with Gasteiger partial charge in [0.1, 0.15) is 0 Å². The zero-order chi connectivity index (χ0) is 16.2. The molecule has 1 saturated carbocycles. The van der Waals surface area contributed by atoms with Crippen LogP contribution < -0.4 is 5.32 Å². The van der Waals surface area contributed by atoms with Crippen molar-refractivity contribution >= 4 is 27.7 Å². The fourth-order valence-electron chi connectivity index (χ4n) is 2.75. The first-order valence-electron chi connectivity index (χ1n) is 8.17. The summed E-state index contributed by atoms with van der Waals surface area (Å²) in [5.74, 6) is 0.959. The van der Waals surface area contributed by atoms with Crippen LogP contribution in [0.4, 0.5) is 0 Å². The molecule has 124 valence electrons. The molecule has 1 heterocycles. The second-order valence-electron chi connectivity index (χ2n) is 6.25. The van der Waals surface area contributed by atoms with E-state index in [2.05, 4.69) is 21.2 Å². The number of amides is 2. The highest BCUT2D eigenvalue weighted by molar-refractivity contribution is 9.10. The van der Waals surface area contributed by atoms with Crippen molar-refractivity contribution in [3.63, 3.8) is 0 Å². The summed E-state index contributed by atoms with van der Waals surface area (Å²) in [4.78, 5) is 28.3. The molecule has 2 amide bonds. The summed E-state index contributed by atoms with van der Waals surface area (Å²) in [5.41, 5.74) is 0.694. The van der Waals surface area contributed by atoms with Gasteiger partial charge in [0.25, 0.3) is 5.91 Å². The van der Waals surface area contributed by atoms with Crippen LogP contribution >= 0.6 is 15.9 Å². The Morgan fingerprint density at radius 3 is 2.26 bits per heavy atom. The standard InChI is InChI=1S/C17H22BrN3O2/c18-15-5-3-14(4-6-15)17(23)21-9-7-20(8-10-21)16(22)12-19-11-13-1-2-13/h3-6,13,19H,1-2,7-12H2. The maximum atomic E-state index is 12.4. The predicted octanol–water partition coefficient (Wildman–Crippen LogP) is 1.73. The van der Waals surface area contributed by atoms with E-state index in [4.69, 9.17) is 0 Å². The number of rotatable bonds is 5. The third-order valence-electron chi connectivity index (χ3n) is 4.42. The molecule has 0 radical (unpaired) electrons. The van der Waals surface area contributed by atoms with Crippen molar-refractivity contribution in [1.82, 2.24) is 15.1 Å². The molecule has 5 nitrogen and oxygen atoms in total. The first kappa shape index (κ1) is 16.5. The van der Waals surface area contributed by atoms with E-state index in [0.29, 0.717) is 38.3 Å². The normalized spacial score (nSPS) is 18.1. The molecular formula is C17H22BrN3O2. The fourth-order valence-corrected chi connectivity index (χ4v) is 3.02. The highest BCUT2D eigenvalue weighted by Crippen LogP contribution is 2.27. The minimum absolute atomic E-state index is 0.0384. The van der Waals surface area contributed by atoms with Gasteiger partial charge in [-0.15, -0.1) is 0 Å². The average molecular weight is 380 g/mol. The van der Waals surface area contributed by atoms with E-state index in [0.717, 1.165) is 16.9 Å². The lowest BCUT2D eigenvalue weighted by Crippen LogP contribution is -2.52. The average Bonchev–Trinajstić information content (AvgIpc) is 3.39. The van der Waals surface area contributed by atoms with Crippen LogP contribution in [0.2, 0.25) is 0 Å². The molecule has 0 bridgehead atoms. The highest BCUT2D eigenvalue weighted by Gasteiger charge is 2.25. The number of hydrogen-bond donors (Lipinski definition) is 1. The number of halogens is 1. The number of benzene rings is 1. The summed E-state index contributed by atoms with van der Waals surface area (Å²) in [6, 6.07) is 7.40. The molecule has 0 aromatic heterocycles. The summed E-state index contributed by atoms with van der Waals surface area (Å²) < 4.78 is 0.961. The van der Waals surface area contributed by atoms with Crippen molar-refractivity contribution in [2.75, 3.05) is 39.3 Å². The van der Waals surface area contributed by atoms with Crippen molar-refractivity contribution in [2.45, 2.75) is 12.8 Å². The van der Waals surface area contributed by atoms with Gasteiger partial charge < -0.3 is 15.1 Å². The molecule has 0 unspecified atom stereocenters. The van der Waals surface area contributed by atoms with Crippen molar-refractivity contribution < 1.29 is 9.59 Å². The van der Waals surface area contributed by atoms with Crippen molar-refractivity contribution in [3.05, 3.63) is 34.3 Å². The zero-order valence-electron chi connectivity index (χ0n) is 13.1. The van der Waals surface area contributed by atoms with Gasteiger partial charge in [-0.05, 0) is 49.6 Å². The van der Waals surface area contributed by atoms with Gasteiger partial charge in [0.15, 0.2) is 0 Å². The van der Waals surface area contributed by atoms with Crippen LogP contribution in [-0.2, 0) is 4.79 Å². The Balaban J connectivity index is 1.44. The van der Waals surface area contributed by atoms with E-state index < -0.39 is 0 Å². The summed E-state index contributed by atoms with van der Waals surface area (Å²) in [6.07, 6.45) is 2.58. The Hall–Kier alpha value is -1.40. The zero-order valence-corrected chi connectivity index (χ0v) is 14.7. The molecule has 1 aromatic carbocycles. The molecule has 2 fully saturated rings. The van der Waals surface area contributed by atoms with Gasteiger partial charge in [-0.25, -0.2) is 0 Å². The van der Waals surface area contributed by atoms with Crippen molar-refractivity contribution in [2.24, 2.45) is 5.92 Å². The number of carbonyl (C=O) groups is 2. The third-order valence-corrected chi connectivity index (χ3v) is 4.95. The molecule has 1 aliphatic carbocycles. The van der Waals surface area contributed by atoms with Crippen LogP contribution in [0.25, 0.3) is 0 Å². The molecule has 3 rings (SSSR count). The highest BCUT2D eigenvalue weighted by atomic mass is 79.9. The lowest BCUT2D eigenvalue weighted by Gasteiger charge is -2.35. The third kappa shape index (κ3) is 4.54. The molecule has 0 spiro atoms. The summed E-state index contributed by atoms with van der Waals surface area (Å²) in [6.45, 7) is 3.80. The van der Waals surface area contributed by atoms with Gasteiger partial charge in [0.05, 0.1) is 6.54 Å². The molecule has 1 saturated heterocycles. The first-order valence-corrected chi connectivity index (χ1v) is 8.96. The maximum Gasteiger partial charge on any atom is 0.253 e. The second kappa shape index (κ2) is 7.45. The van der Waals surface area contributed by atoms with Crippen LogP contribution in [0.1, 0.15) is 23.2 Å². The molecule has 2 aliphatic rings. The molecule has 6 heteroatoms. The monoisotopic (exact) mass is 379 g/mol. The van der Waals surface area contributed by atoms with Crippen LogP contribution in [0.3, 0.4) is 0 Å². The predicted molar refractivity (Wildman–Crippen MR) is 92.2 cm³/mol. The molecule has 1 N–H and O–H groups in total. The van der Waals surface area contributed by atoms with E-state index in [-0.39, 0.29) is 11.8 Å². The van der Waals surface area contributed by atoms with Crippen molar-refractivity contribution in [1.29, 1.82) is 0 Å². The van der Waals surface area contributed by atoms with Gasteiger partial charge in [-0.3, -0.25) is 9.59 Å². The van der Waals surface area contributed by atoms with Crippen LogP contribution in [0.5, 0.6) is 0 Å². The van der Waals surface area contributed by atoms with Gasteiger partial charge in [-0.1, -0.05) is 15.9 Å². The minimum atomic E-state index is 0.0384. The number of nitrogens with one attached hydrogen (secondary N) is 1. The summed E-state index contributed by atoms with van der Waals surface area (Å²) >= 11 is 3.37. The SMILES string of the molecule is O=C(CNCC1CC1)N1CCN(C(=O)c2ccc(Br)cc2)CC1. The molecular weight excluding hydrogens is 358 g/mol. The Bertz CT molecular complexity index is 564. The number of carbonyl (C=O) groups excluding carboxylic acids is 2. The van der Waals surface area contributed by atoms with E-state index in [1.165, 1.54) is 12.8 Å². The van der Waals surface area contributed by atoms with Crippen LogP contribution in [-0.4, -0.2) is 60.9 Å². The Kier molecular flexibility index (Phi) is 5.33. The molecule has 0 atom stereocenters. The summed E-state index contributed by atoms with van der Waals surface area (Å²) in [5, 5.41) is 3.23. The topological polar surface area (TPSA) is 52.7 Å². The van der Waals surface area contributed by atoms with E-state index in [9.17, 15) is 9.59 Å². The lowest BCUT2D eigenvalue weighted by molar-refractivity contribution is -0.131. The molecule has 1 aromatic rings. The minimum Gasteiger partial charge on any atom is -0.338 e. The van der Waals surface area contributed by atoms with Gasteiger partial charge in [-0.2, -0.15) is 0 Å². The molecule has 1 aliphatic heterocycles. The largest absolute Gasteiger partial charge is 0.338 e. The second-order valence-corrected chi connectivity index (χ2v) is 7.17. The number of hydrogen-bond acceptors (Lipinski definition) is 3. The Morgan fingerprint density at radius 2 is 1.65 bits per heavy atom. The van der Waals surface area contributed by atoms with E-state index in [1.807, 2.05) is 34.1 Å². The van der Waals surface area contributed by atoms with E-state index in [1.54, 1.807) is 0 Å². The lowest BCUT2D eigenvalue weighted by atomic mass is 10.2.